The van der Waals surface area contributed by atoms with E-state index in [0.29, 0.717) is 6.42 Å². The average molecular weight is 695 g/mol. The van der Waals surface area contributed by atoms with Gasteiger partial charge in [0, 0.05) is 23.5 Å². The number of hydrogen-bond donors (Lipinski definition) is 1. The molecular weight excluding hydrogens is 657 g/mol. The van der Waals surface area contributed by atoms with Crippen LogP contribution in [0.4, 0.5) is 10.1 Å². The Labute approximate surface area is 273 Å². The van der Waals surface area contributed by atoms with Crippen molar-refractivity contribution < 1.29 is 22.4 Å². The minimum Gasteiger partial charge on any atom is -0.352 e. The van der Waals surface area contributed by atoms with Gasteiger partial charge < -0.3 is 10.2 Å². The smallest absolute Gasteiger partial charge is 0.264 e. The van der Waals surface area contributed by atoms with E-state index in [1.54, 1.807) is 24.3 Å². The van der Waals surface area contributed by atoms with E-state index >= 15 is 0 Å². The molecule has 0 radical (unpaired) electrons. The fourth-order valence-electron chi connectivity index (χ4n) is 4.80. The van der Waals surface area contributed by atoms with Gasteiger partial charge in [0.2, 0.25) is 11.8 Å². The van der Waals surface area contributed by atoms with Crippen molar-refractivity contribution >= 4 is 43.5 Å². The lowest BCUT2D eigenvalue weighted by Gasteiger charge is -2.34. The van der Waals surface area contributed by atoms with Crippen LogP contribution in [0, 0.1) is 12.7 Å². The van der Waals surface area contributed by atoms with Gasteiger partial charge in [0.05, 0.1) is 10.6 Å². The Bertz CT molecular complexity index is 1700. The lowest BCUT2D eigenvalue weighted by molar-refractivity contribution is -0.140. The third-order valence-corrected chi connectivity index (χ3v) is 9.80. The fourth-order valence-corrected chi connectivity index (χ4v) is 6.66. The number of hydrogen-bond acceptors (Lipinski definition) is 4. The van der Waals surface area contributed by atoms with E-state index in [2.05, 4.69) is 21.2 Å². The highest BCUT2D eigenvalue weighted by molar-refractivity contribution is 9.10. The molecule has 45 heavy (non-hydrogen) atoms. The molecule has 0 aliphatic rings. The molecule has 0 spiro atoms. The first kappa shape index (κ1) is 33.9. The highest BCUT2D eigenvalue weighted by Crippen LogP contribution is 2.26. The van der Waals surface area contributed by atoms with Crippen molar-refractivity contribution in [3.8, 4) is 0 Å². The van der Waals surface area contributed by atoms with Crippen molar-refractivity contribution in [2.75, 3.05) is 10.8 Å². The number of nitrogens with one attached hydrogen (secondary N) is 1. The van der Waals surface area contributed by atoms with E-state index in [-0.39, 0.29) is 35.5 Å². The Morgan fingerprint density at radius 3 is 2.16 bits per heavy atom. The summed E-state index contributed by atoms with van der Waals surface area (Å²) in [5, 5.41) is 3.03. The third-order valence-electron chi connectivity index (χ3n) is 7.52. The maximum atomic E-state index is 14.5. The molecule has 0 aliphatic carbocycles. The van der Waals surface area contributed by atoms with Gasteiger partial charge in [0.1, 0.15) is 18.4 Å². The standard InChI is InChI=1S/C35H37BrFN3O4S/c1-4-26(3)38-35(42)33(22-27-9-6-5-7-10-27)39(23-28-11-8-12-29(36)21-28)34(41)24-40(31-17-13-25(2)14-18-31)45(43,44)32-19-15-30(37)16-20-32/h5-21,26,33H,4,22-24H2,1-3H3,(H,38,42)/t26-,33-/m1/s1. The molecule has 4 aromatic carbocycles. The highest BCUT2D eigenvalue weighted by Gasteiger charge is 2.35. The molecule has 0 bridgehead atoms. The number of amides is 2. The minimum absolute atomic E-state index is 0.0576. The molecule has 0 aromatic heterocycles. The molecule has 4 aromatic rings. The van der Waals surface area contributed by atoms with Crippen LogP contribution in [0.5, 0.6) is 0 Å². The molecule has 10 heteroatoms. The molecule has 0 fully saturated rings. The highest BCUT2D eigenvalue weighted by atomic mass is 79.9. The summed E-state index contributed by atoms with van der Waals surface area (Å²) in [6, 6.07) is 27.0. The molecule has 1 N–H and O–H groups in total. The summed E-state index contributed by atoms with van der Waals surface area (Å²) in [6.07, 6.45) is 0.915. The lowest BCUT2D eigenvalue weighted by Crippen LogP contribution is -2.54. The van der Waals surface area contributed by atoms with Crippen LogP contribution in [0.15, 0.2) is 112 Å². The number of rotatable bonds is 13. The van der Waals surface area contributed by atoms with Crippen molar-refractivity contribution in [3.05, 3.63) is 130 Å². The number of aryl methyl sites for hydroxylation is 1. The van der Waals surface area contributed by atoms with E-state index < -0.39 is 34.3 Å². The maximum absolute atomic E-state index is 14.5. The van der Waals surface area contributed by atoms with Crippen molar-refractivity contribution in [2.24, 2.45) is 0 Å². The first-order valence-corrected chi connectivity index (χ1v) is 16.9. The zero-order valence-electron chi connectivity index (χ0n) is 25.5. The SMILES string of the molecule is CC[C@@H](C)NC(=O)[C@@H](Cc1ccccc1)N(Cc1cccc(Br)c1)C(=O)CN(c1ccc(C)cc1)S(=O)(=O)c1ccc(F)cc1. The van der Waals surface area contributed by atoms with Gasteiger partial charge in [-0.25, -0.2) is 12.8 Å². The van der Waals surface area contributed by atoms with Gasteiger partial charge in [-0.1, -0.05) is 83.0 Å². The normalized spacial score (nSPS) is 12.6. The molecule has 0 heterocycles. The van der Waals surface area contributed by atoms with Crippen LogP contribution in [0.1, 0.15) is 37.0 Å². The molecule has 7 nitrogen and oxygen atoms in total. The molecular formula is C35H37BrFN3O4S. The van der Waals surface area contributed by atoms with Crippen molar-refractivity contribution in [1.29, 1.82) is 0 Å². The quantitative estimate of drug-likeness (QED) is 0.170. The van der Waals surface area contributed by atoms with Crippen molar-refractivity contribution in [2.45, 2.75) is 57.1 Å². The van der Waals surface area contributed by atoms with Crippen LogP contribution in [-0.2, 0) is 32.6 Å². The van der Waals surface area contributed by atoms with E-state index in [4.69, 9.17) is 0 Å². The van der Waals surface area contributed by atoms with Gasteiger partial charge in [0.15, 0.2) is 0 Å². The summed E-state index contributed by atoms with van der Waals surface area (Å²) in [6.45, 7) is 5.20. The largest absolute Gasteiger partial charge is 0.352 e. The van der Waals surface area contributed by atoms with Crippen molar-refractivity contribution in [3.63, 3.8) is 0 Å². The Kier molecular flexibility index (Phi) is 11.5. The molecule has 0 saturated carbocycles. The van der Waals surface area contributed by atoms with E-state index in [1.807, 2.05) is 75.4 Å². The first-order chi connectivity index (χ1) is 21.5. The van der Waals surface area contributed by atoms with Crippen LogP contribution in [-0.4, -0.2) is 43.8 Å². The van der Waals surface area contributed by atoms with Crippen LogP contribution in [0.3, 0.4) is 0 Å². The molecule has 2 amide bonds. The fraction of sp³-hybridized carbons (Fsp3) is 0.257. The average Bonchev–Trinajstić information content (AvgIpc) is 3.02. The zero-order valence-corrected chi connectivity index (χ0v) is 27.9. The molecule has 0 unspecified atom stereocenters. The molecule has 2 atom stereocenters. The minimum atomic E-state index is -4.31. The van der Waals surface area contributed by atoms with Gasteiger partial charge in [-0.15, -0.1) is 0 Å². The summed E-state index contributed by atoms with van der Waals surface area (Å²) < 4.78 is 43.6. The monoisotopic (exact) mass is 693 g/mol. The number of halogens is 2. The predicted octanol–water partition coefficient (Wildman–Crippen LogP) is 6.65. The summed E-state index contributed by atoms with van der Waals surface area (Å²) in [5.41, 5.74) is 2.79. The molecule has 0 aliphatic heterocycles. The van der Waals surface area contributed by atoms with Crippen LogP contribution in [0.25, 0.3) is 0 Å². The van der Waals surface area contributed by atoms with E-state index in [0.717, 1.165) is 37.6 Å². The Morgan fingerprint density at radius 1 is 0.889 bits per heavy atom. The molecule has 0 saturated heterocycles. The number of carbonyl (C=O) groups is 2. The summed E-state index contributed by atoms with van der Waals surface area (Å²) >= 11 is 3.49. The number of sulfonamides is 1. The maximum Gasteiger partial charge on any atom is 0.264 e. The number of benzene rings is 4. The van der Waals surface area contributed by atoms with Gasteiger partial charge in [-0.05, 0) is 79.9 Å². The molecule has 236 valence electrons. The van der Waals surface area contributed by atoms with E-state index in [1.165, 1.54) is 17.0 Å². The number of carbonyl (C=O) groups excluding carboxylic acids is 2. The second-order valence-electron chi connectivity index (χ2n) is 11.0. The second kappa shape index (κ2) is 15.3. The van der Waals surface area contributed by atoms with Gasteiger partial charge in [-0.3, -0.25) is 13.9 Å². The van der Waals surface area contributed by atoms with E-state index in [9.17, 15) is 22.4 Å². The van der Waals surface area contributed by atoms with Gasteiger partial charge in [-0.2, -0.15) is 0 Å². The third kappa shape index (κ3) is 9.02. The number of anilines is 1. The van der Waals surface area contributed by atoms with Crippen LogP contribution >= 0.6 is 15.9 Å². The topological polar surface area (TPSA) is 86.8 Å². The van der Waals surface area contributed by atoms with Crippen molar-refractivity contribution in [1.82, 2.24) is 10.2 Å². The summed E-state index contributed by atoms with van der Waals surface area (Å²) in [7, 11) is -4.31. The molecule has 4 rings (SSSR count). The lowest BCUT2D eigenvalue weighted by atomic mass is 10.0. The Hall–Kier alpha value is -4.02. The zero-order chi connectivity index (χ0) is 32.6. The Morgan fingerprint density at radius 2 is 1.53 bits per heavy atom. The van der Waals surface area contributed by atoms with Gasteiger partial charge >= 0.3 is 0 Å². The Balaban J connectivity index is 1.80. The summed E-state index contributed by atoms with van der Waals surface area (Å²) in [5.74, 6) is -1.48. The predicted molar refractivity (Wildman–Crippen MR) is 179 cm³/mol. The second-order valence-corrected chi connectivity index (χ2v) is 13.8. The van der Waals surface area contributed by atoms with Gasteiger partial charge in [0.25, 0.3) is 10.0 Å². The van der Waals surface area contributed by atoms with Crippen LogP contribution in [0.2, 0.25) is 0 Å². The van der Waals surface area contributed by atoms with Crippen LogP contribution < -0.4 is 9.62 Å². The summed E-state index contributed by atoms with van der Waals surface area (Å²) in [4.78, 5) is 29.6. The first-order valence-electron chi connectivity index (χ1n) is 14.7. The number of nitrogens with zero attached hydrogens (tertiary/aromatic N) is 2.